The molecular formula is C21H19N3O4. The number of carbonyl (C=O) groups excluding carboxylic acids is 1. The minimum Gasteiger partial charge on any atom is -0.497 e. The number of hydrogen-bond acceptors (Lipinski definition) is 6. The molecule has 3 aromatic rings. The van der Waals surface area contributed by atoms with Crippen LogP contribution in [0, 0.1) is 0 Å². The molecule has 2 aromatic carbocycles. The number of fused-ring (bicyclic) bond motifs is 1. The van der Waals surface area contributed by atoms with Crippen molar-refractivity contribution in [1.82, 2.24) is 4.98 Å². The number of nitrogens with zero attached hydrogens (tertiary/aromatic N) is 1. The zero-order valence-electron chi connectivity index (χ0n) is 15.3. The number of amides is 1. The number of anilines is 3. The number of benzene rings is 2. The van der Waals surface area contributed by atoms with Crippen LogP contribution in [0.5, 0.6) is 17.2 Å². The highest BCUT2D eigenvalue weighted by atomic mass is 16.6. The van der Waals surface area contributed by atoms with E-state index in [0.717, 1.165) is 17.1 Å². The number of rotatable bonds is 5. The third-order valence-electron chi connectivity index (χ3n) is 4.15. The van der Waals surface area contributed by atoms with Crippen LogP contribution >= 0.6 is 0 Å². The van der Waals surface area contributed by atoms with Crippen LogP contribution in [0.2, 0.25) is 0 Å². The van der Waals surface area contributed by atoms with Crippen molar-refractivity contribution in [2.24, 2.45) is 0 Å². The number of aromatic nitrogens is 1. The molecule has 28 heavy (non-hydrogen) atoms. The van der Waals surface area contributed by atoms with E-state index >= 15 is 0 Å². The second kappa shape index (κ2) is 7.87. The summed E-state index contributed by atoms with van der Waals surface area (Å²) in [6, 6.07) is 16.3. The van der Waals surface area contributed by atoms with E-state index in [2.05, 4.69) is 15.6 Å². The van der Waals surface area contributed by atoms with Crippen LogP contribution in [0.1, 0.15) is 10.5 Å². The predicted octanol–water partition coefficient (Wildman–Crippen LogP) is 3.86. The zero-order valence-corrected chi connectivity index (χ0v) is 15.3. The number of hydrogen-bond donors (Lipinski definition) is 2. The Morgan fingerprint density at radius 3 is 2.64 bits per heavy atom. The van der Waals surface area contributed by atoms with E-state index in [1.54, 1.807) is 43.6 Å². The first-order valence-corrected chi connectivity index (χ1v) is 8.79. The highest BCUT2D eigenvalue weighted by Gasteiger charge is 2.14. The number of ether oxygens (including phenoxy) is 3. The summed E-state index contributed by atoms with van der Waals surface area (Å²) in [7, 11) is 1.62. The third-order valence-corrected chi connectivity index (χ3v) is 4.15. The summed E-state index contributed by atoms with van der Waals surface area (Å²) in [5, 5.41) is 6.08. The largest absolute Gasteiger partial charge is 0.497 e. The first-order valence-electron chi connectivity index (χ1n) is 8.79. The van der Waals surface area contributed by atoms with Crippen LogP contribution in [-0.2, 0) is 0 Å². The summed E-state index contributed by atoms with van der Waals surface area (Å²) in [6.07, 6.45) is 1.58. The van der Waals surface area contributed by atoms with Gasteiger partial charge in [0.15, 0.2) is 11.5 Å². The van der Waals surface area contributed by atoms with E-state index in [9.17, 15) is 4.79 Å². The van der Waals surface area contributed by atoms with E-state index in [0.29, 0.717) is 36.1 Å². The van der Waals surface area contributed by atoms with Gasteiger partial charge in [0.25, 0.3) is 5.91 Å². The molecule has 0 saturated carbocycles. The molecule has 0 unspecified atom stereocenters. The molecule has 2 N–H and O–H groups in total. The van der Waals surface area contributed by atoms with E-state index in [4.69, 9.17) is 14.2 Å². The van der Waals surface area contributed by atoms with Gasteiger partial charge in [-0.05, 0) is 36.4 Å². The molecule has 4 rings (SSSR count). The molecule has 7 nitrogen and oxygen atoms in total. The van der Waals surface area contributed by atoms with Gasteiger partial charge in [-0.2, -0.15) is 0 Å². The quantitative estimate of drug-likeness (QED) is 0.703. The Morgan fingerprint density at radius 1 is 0.964 bits per heavy atom. The summed E-state index contributed by atoms with van der Waals surface area (Å²) in [6.45, 7) is 1.01. The van der Waals surface area contributed by atoms with Crippen molar-refractivity contribution >= 4 is 23.0 Å². The lowest BCUT2D eigenvalue weighted by Gasteiger charge is -2.19. The summed E-state index contributed by atoms with van der Waals surface area (Å²) < 4.78 is 16.3. The molecule has 1 amide bonds. The molecule has 142 valence electrons. The molecule has 1 aliphatic rings. The highest BCUT2D eigenvalue weighted by molar-refractivity contribution is 6.03. The first kappa shape index (κ1) is 17.7. The van der Waals surface area contributed by atoms with Crippen LogP contribution in [0.25, 0.3) is 0 Å². The Hall–Kier alpha value is -3.74. The van der Waals surface area contributed by atoms with Gasteiger partial charge in [-0.15, -0.1) is 0 Å². The topological polar surface area (TPSA) is 81.7 Å². The summed E-state index contributed by atoms with van der Waals surface area (Å²) in [4.78, 5) is 16.8. The van der Waals surface area contributed by atoms with Crippen LogP contribution < -0.4 is 24.8 Å². The molecule has 1 aromatic heterocycles. The lowest BCUT2D eigenvalue weighted by atomic mass is 10.2. The Kier molecular flexibility index (Phi) is 4.97. The van der Waals surface area contributed by atoms with Crippen LogP contribution in [0.15, 0.2) is 60.8 Å². The number of methoxy groups -OCH3 is 1. The van der Waals surface area contributed by atoms with E-state index in [1.807, 2.05) is 24.3 Å². The van der Waals surface area contributed by atoms with Crippen molar-refractivity contribution in [3.8, 4) is 17.2 Å². The van der Waals surface area contributed by atoms with E-state index in [1.165, 1.54) is 0 Å². The summed E-state index contributed by atoms with van der Waals surface area (Å²) >= 11 is 0. The maximum Gasteiger partial charge on any atom is 0.274 e. The van der Waals surface area contributed by atoms with Crippen LogP contribution in [-0.4, -0.2) is 31.2 Å². The fourth-order valence-electron chi connectivity index (χ4n) is 2.82. The molecule has 0 atom stereocenters. The van der Waals surface area contributed by atoms with Crippen LogP contribution in [0.3, 0.4) is 0 Å². The molecule has 0 aliphatic carbocycles. The van der Waals surface area contributed by atoms with Crippen molar-refractivity contribution in [2.75, 3.05) is 31.0 Å². The minimum atomic E-state index is -0.314. The van der Waals surface area contributed by atoms with Gasteiger partial charge in [-0.25, -0.2) is 0 Å². The van der Waals surface area contributed by atoms with E-state index < -0.39 is 0 Å². The lowest BCUT2D eigenvalue weighted by Crippen LogP contribution is -2.17. The average molecular weight is 377 g/mol. The highest BCUT2D eigenvalue weighted by Crippen LogP contribution is 2.32. The maximum absolute atomic E-state index is 12.6. The molecule has 0 radical (unpaired) electrons. The van der Waals surface area contributed by atoms with Crippen molar-refractivity contribution in [3.63, 3.8) is 0 Å². The van der Waals surface area contributed by atoms with Crippen LogP contribution in [0.4, 0.5) is 17.1 Å². The van der Waals surface area contributed by atoms with Gasteiger partial charge in [0.1, 0.15) is 24.7 Å². The Balaban J connectivity index is 1.48. The summed E-state index contributed by atoms with van der Waals surface area (Å²) in [5.74, 6) is 1.72. The van der Waals surface area contributed by atoms with Crippen molar-refractivity contribution in [2.45, 2.75) is 0 Å². The molecular weight excluding hydrogens is 358 g/mol. The number of pyridine rings is 1. The molecule has 0 bridgehead atoms. The van der Waals surface area contributed by atoms with Gasteiger partial charge < -0.3 is 24.8 Å². The monoisotopic (exact) mass is 377 g/mol. The standard InChI is InChI=1S/C21H19N3O4/c1-26-17-4-2-3-14(11-17)23-16-7-8-22-18(12-16)21(25)24-15-5-6-19-20(13-15)28-10-9-27-19/h2-8,11-13H,9-10H2,1H3,(H,22,23)(H,24,25). The van der Waals surface area contributed by atoms with Gasteiger partial charge >= 0.3 is 0 Å². The van der Waals surface area contributed by atoms with Gasteiger partial charge in [0.05, 0.1) is 7.11 Å². The molecule has 2 heterocycles. The third kappa shape index (κ3) is 3.98. The minimum absolute atomic E-state index is 0.294. The molecule has 0 spiro atoms. The Bertz CT molecular complexity index is 1010. The van der Waals surface area contributed by atoms with Crippen molar-refractivity contribution in [3.05, 3.63) is 66.5 Å². The zero-order chi connectivity index (χ0) is 19.3. The SMILES string of the molecule is COc1cccc(Nc2ccnc(C(=O)Nc3ccc4c(c3)OCCO4)c2)c1. The average Bonchev–Trinajstić information content (AvgIpc) is 2.74. The van der Waals surface area contributed by atoms with Gasteiger partial charge in [0, 0.05) is 35.4 Å². The van der Waals surface area contributed by atoms with Gasteiger partial charge in [-0.1, -0.05) is 6.07 Å². The molecule has 0 saturated heterocycles. The molecule has 1 aliphatic heterocycles. The first-order chi connectivity index (χ1) is 13.7. The molecule has 7 heteroatoms. The van der Waals surface area contributed by atoms with Crippen molar-refractivity contribution in [1.29, 1.82) is 0 Å². The fraction of sp³-hybridized carbons (Fsp3) is 0.143. The Morgan fingerprint density at radius 2 is 1.79 bits per heavy atom. The van der Waals surface area contributed by atoms with Gasteiger partial charge in [0.2, 0.25) is 0 Å². The predicted molar refractivity (Wildman–Crippen MR) is 106 cm³/mol. The maximum atomic E-state index is 12.6. The normalized spacial score (nSPS) is 12.2. The summed E-state index contributed by atoms with van der Waals surface area (Å²) in [5.41, 5.74) is 2.50. The number of nitrogens with one attached hydrogen (secondary N) is 2. The molecule has 0 fully saturated rings. The second-order valence-corrected chi connectivity index (χ2v) is 6.10. The van der Waals surface area contributed by atoms with Crippen molar-refractivity contribution < 1.29 is 19.0 Å². The Labute approximate surface area is 162 Å². The fourth-order valence-corrected chi connectivity index (χ4v) is 2.82. The second-order valence-electron chi connectivity index (χ2n) is 6.10. The lowest BCUT2D eigenvalue weighted by molar-refractivity contribution is 0.102. The van der Waals surface area contributed by atoms with Gasteiger partial charge in [-0.3, -0.25) is 9.78 Å². The smallest absolute Gasteiger partial charge is 0.274 e. The van der Waals surface area contributed by atoms with E-state index in [-0.39, 0.29) is 5.91 Å². The number of carbonyl (C=O) groups is 1.